The van der Waals surface area contributed by atoms with E-state index in [9.17, 15) is 14.0 Å². The fraction of sp³-hybridized carbons (Fsp3) is 0.368. The Morgan fingerprint density at radius 1 is 1.31 bits per heavy atom. The third kappa shape index (κ3) is 4.45. The summed E-state index contributed by atoms with van der Waals surface area (Å²) in [5.41, 5.74) is 0.374. The van der Waals surface area contributed by atoms with Gasteiger partial charge in [-0.15, -0.1) is 5.10 Å². The zero-order chi connectivity index (χ0) is 20.4. The van der Waals surface area contributed by atoms with Crippen LogP contribution in [0.4, 0.5) is 10.1 Å². The molecule has 152 valence electrons. The number of rotatable bonds is 5. The van der Waals surface area contributed by atoms with Crippen LogP contribution < -0.4 is 11.0 Å². The molecule has 0 unspecified atom stereocenters. The molecule has 2 heterocycles. The third-order valence-electron chi connectivity index (χ3n) is 4.80. The molecule has 2 aromatic heterocycles. The second kappa shape index (κ2) is 8.54. The minimum absolute atomic E-state index is 0.0943. The average Bonchev–Trinajstić information content (AvgIpc) is 3.02. The van der Waals surface area contributed by atoms with Crippen LogP contribution in [0.2, 0.25) is 5.02 Å². The zero-order valence-electron chi connectivity index (χ0n) is 15.5. The molecule has 0 bridgehead atoms. The van der Waals surface area contributed by atoms with Crippen molar-refractivity contribution in [2.75, 3.05) is 5.32 Å². The molecule has 3 aromatic rings. The number of aromatic nitrogens is 4. The zero-order valence-corrected chi connectivity index (χ0v) is 17.0. The Bertz CT molecular complexity index is 1110. The Balaban J connectivity index is 1.53. The third-order valence-corrected chi connectivity index (χ3v) is 6.40. The summed E-state index contributed by atoms with van der Waals surface area (Å²) >= 11 is 7.37. The first kappa shape index (κ1) is 19.9. The lowest BCUT2D eigenvalue weighted by atomic mass is 10.0. The minimum Gasteiger partial charge on any atom is -0.324 e. The highest BCUT2D eigenvalue weighted by Gasteiger charge is 2.20. The molecular weight excluding hydrogens is 417 g/mol. The number of hydrogen-bond donors (Lipinski definition) is 1. The molecule has 1 amide bonds. The Labute approximate surface area is 175 Å². The van der Waals surface area contributed by atoms with Gasteiger partial charge in [0.1, 0.15) is 17.4 Å². The number of nitrogens with zero attached hydrogens (tertiary/aromatic N) is 4. The normalized spacial score (nSPS) is 15.0. The molecule has 1 fully saturated rings. The Morgan fingerprint density at radius 3 is 2.86 bits per heavy atom. The van der Waals surface area contributed by atoms with Gasteiger partial charge in [-0.1, -0.05) is 42.6 Å². The number of carbonyl (C=O) groups excluding carboxylic acids is 1. The fourth-order valence-electron chi connectivity index (χ4n) is 3.36. The van der Waals surface area contributed by atoms with Crippen molar-refractivity contribution in [1.82, 2.24) is 19.2 Å². The van der Waals surface area contributed by atoms with E-state index >= 15 is 0 Å². The van der Waals surface area contributed by atoms with Gasteiger partial charge in [-0.05, 0) is 31.0 Å². The fourth-order valence-corrected chi connectivity index (χ4v) is 4.79. The summed E-state index contributed by atoms with van der Waals surface area (Å²) in [6, 6.07) is 3.87. The molecule has 1 N–H and O–H groups in total. The van der Waals surface area contributed by atoms with Crippen molar-refractivity contribution < 1.29 is 9.18 Å². The first-order chi connectivity index (χ1) is 14.0. The lowest BCUT2D eigenvalue weighted by Crippen LogP contribution is -2.28. The van der Waals surface area contributed by atoms with Gasteiger partial charge >= 0.3 is 5.69 Å². The van der Waals surface area contributed by atoms with Crippen molar-refractivity contribution in [2.45, 2.75) is 48.9 Å². The number of benzene rings is 1. The van der Waals surface area contributed by atoms with Crippen LogP contribution >= 0.6 is 23.4 Å². The van der Waals surface area contributed by atoms with Gasteiger partial charge < -0.3 is 5.32 Å². The summed E-state index contributed by atoms with van der Waals surface area (Å²) in [4.78, 5) is 29.4. The van der Waals surface area contributed by atoms with E-state index in [1.165, 1.54) is 35.8 Å². The Morgan fingerprint density at radius 2 is 2.10 bits per heavy atom. The van der Waals surface area contributed by atoms with Gasteiger partial charge in [-0.2, -0.15) is 0 Å². The average molecular weight is 436 g/mol. The van der Waals surface area contributed by atoms with Crippen LogP contribution in [-0.4, -0.2) is 30.3 Å². The van der Waals surface area contributed by atoms with Crippen LogP contribution in [0.1, 0.15) is 32.1 Å². The van der Waals surface area contributed by atoms with Crippen LogP contribution in [-0.2, 0) is 11.3 Å². The van der Waals surface area contributed by atoms with Crippen molar-refractivity contribution in [1.29, 1.82) is 0 Å². The first-order valence-corrected chi connectivity index (χ1v) is 10.6. The van der Waals surface area contributed by atoms with E-state index in [-0.39, 0.29) is 11.6 Å². The SMILES string of the molecule is O=C(Cn1nc2c(SC3CCCCC3)nccn2c1=O)Nc1ccc(F)c(Cl)c1. The standard InChI is InChI=1S/C19H19ClFN5O2S/c20-14-10-12(6-7-15(14)21)23-16(27)11-26-19(28)25-9-8-22-18(17(25)24-26)29-13-4-2-1-3-5-13/h6-10,13H,1-5,11H2,(H,23,27). The summed E-state index contributed by atoms with van der Waals surface area (Å²) in [7, 11) is 0. The van der Waals surface area contributed by atoms with Crippen molar-refractivity contribution >= 4 is 40.6 Å². The van der Waals surface area contributed by atoms with Gasteiger partial charge in [0.05, 0.1) is 5.02 Å². The quantitative estimate of drug-likeness (QED) is 0.660. The Hall–Kier alpha value is -2.39. The second-order valence-electron chi connectivity index (χ2n) is 6.92. The summed E-state index contributed by atoms with van der Waals surface area (Å²) in [5, 5.41) is 7.99. The predicted octanol–water partition coefficient (Wildman–Crippen LogP) is 3.75. The monoisotopic (exact) mass is 435 g/mol. The number of fused-ring (bicyclic) bond motifs is 1. The van der Waals surface area contributed by atoms with Crippen LogP contribution in [0.3, 0.4) is 0 Å². The molecule has 1 aromatic carbocycles. The van der Waals surface area contributed by atoms with Gasteiger partial charge in [0.25, 0.3) is 0 Å². The molecule has 7 nitrogen and oxygen atoms in total. The van der Waals surface area contributed by atoms with E-state index in [0.29, 0.717) is 21.6 Å². The van der Waals surface area contributed by atoms with Crippen molar-refractivity contribution in [3.05, 3.63) is 51.9 Å². The van der Waals surface area contributed by atoms with Gasteiger partial charge in [0, 0.05) is 23.3 Å². The van der Waals surface area contributed by atoms with Gasteiger partial charge in [-0.3, -0.25) is 4.79 Å². The summed E-state index contributed by atoms with van der Waals surface area (Å²) in [6.07, 6.45) is 9.04. The number of halogens is 2. The molecule has 0 saturated heterocycles. The smallest absolute Gasteiger partial charge is 0.324 e. The predicted molar refractivity (Wildman–Crippen MR) is 110 cm³/mol. The molecule has 4 rings (SSSR count). The van der Waals surface area contributed by atoms with E-state index in [4.69, 9.17) is 11.6 Å². The molecule has 10 heteroatoms. The van der Waals surface area contributed by atoms with Crippen LogP contribution in [0.25, 0.3) is 5.65 Å². The lowest BCUT2D eigenvalue weighted by Gasteiger charge is -2.20. The van der Waals surface area contributed by atoms with E-state index in [1.807, 2.05) is 0 Å². The van der Waals surface area contributed by atoms with Gasteiger partial charge in [0.2, 0.25) is 5.91 Å². The second-order valence-corrected chi connectivity index (χ2v) is 8.62. The van der Waals surface area contributed by atoms with Crippen LogP contribution in [0, 0.1) is 5.82 Å². The number of amides is 1. The molecule has 29 heavy (non-hydrogen) atoms. The van der Waals surface area contributed by atoms with Gasteiger partial charge in [0.15, 0.2) is 5.65 Å². The number of carbonyl (C=O) groups is 1. The topological polar surface area (TPSA) is 81.3 Å². The molecule has 1 aliphatic rings. The lowest BCUT2D eigenvalue weighted by molar-refractivity contribution is -0.117. The maximum atomic E-state index is 13.2. The van der Waals surface area contributed by atoms with Crippen molar-refractivity contribution in [3.8, 4) is 0 Å². The molecule has 1 aliphatic carbocycles. The number of nitrogens with one attached hydrogen (secondary N) is 1. The van der Waals surface area contributed by atoms with E-state index in [0.717, 1.165) is 23.6 Å². The highest BCUT2D eigenvalue weighted by Crippen LogP contribution is 2.33. The molecule has 0 atom stereocenters. The highest BCUT2D eigenvalue weighted by molar-refractivity contribution is 8.00. The number of hydrogen-bond acceptors (Lipinski definition) is 5. The van der Waals surface area contributed by atoms with E-state index in [1.54, 1.807) is 24.2 Å². The molecule has 0 radical (unpaired) electrons. The maximum Gasteiger partial charge on any atom is 0.350 e. The summed E-state index contributed by atoms with van der Waals surface area (Å²) in [5.74, 6) is -1.04. The van der Waals surface area contributed by atoms with Gasteiger partial charge in [-0.25, -0.2) is 23.3 Å². The van der Waals surface area contributed by atoms with Crippen LogP contribution in [0.5, 0.6) is 0 Å². The summed E-state index contributed by atoms with van der Waals surface area (Å²) in [6.45, 7) is -0.275. The summed E-state index contributed by atoms with van der Waals surface area (Å²) < 4.78 is 15.8. The Kier molecular flexibility index (Phi) is 5.86. The minimum atomic E-state index is -0.572. The van der Waals surface area contributed by atoms with Crippen LogP contribution in [0.15, 0.2) is 40.4 Å². The molecular formula is C19H19ClFN5O2S. The highest BCUT2D eigenvalue weighted by atomic mass is 35.5. The van der Waals surface area contributed by atoms with Crippen molar-refractivity contribution in [3.63, 3.8) is 0 Å². The number of thioether (sulfide) groups is 1. The van der Waals surface area contributed by atoms with E-state index < -0.39 is 17.4 Å². The van der Waals surface area contributed by atoms with E-state index in [2.05, 4.69) is 15.4 Å². The largest absolute Gasteiger partial charge is 0.350 e. The molecule has 0 aliphatic heterocycles. The van der Waals surface area contributed by atoms with Crippen molar-refractivity contribution in [2.24, 2.45) is 0 Å². The first-order valence-electron chi connectivity index (χ1n) is 9.37. The maximum absolute atomic E-state index is 13.2. The molecule has 1 saturated carbocycles. The number of anilines is 1. The molecule has 0 spiro atoms.